The Morgan fingerprint density at radius 2 is 1.76 bits per heavy atom. The van der Waals surface area contributed by atoms with Crippen LogP contribution in [-0.4, -0.2) is 4.98 Å². The lowest BCUT2D eigenvalue weighted by Gasteiger charge is -2.16. The van der Waals surface area contributed by atoms with Crippen molar-refractivity contribution in [3.05, 3.63) is 77.7 Å². The highest BCUT2D eigenvalue weighted by molar-refractivity contribution is 5.78. The van der Waals surface area contributed by atoms with E-state index in [2.05, 4.69) is 16.5 Å². The first-order chi connectivity index (χ1) is 10.3. The lowest BCUT2D eigenvalue weighted by molar-refractivity contribution is 0.544. The summed E-state index contributed by atoms with van der Waals surface area (Å²) in [5.74, 6) is 5.38. The van der Waals surface area contributed by atoms with Crippen LogP contribution in [0.5, 0.6) is 0 Å². The maximum atomic E-state index is 13.0. The standard InChI is InChI=1S/C17H16FN3/c18-14-8-5-13(6-9-14)17(21-19)11-15-10-7-12-3-1-2-4-16(12)20-15/h1-10,17,21H,11,19H2. The summed E-state index contributed by atoms with van der Waals surface area (Å²) < 4.78 is 13.0. The van der Waals surface area contributed by atoms with Crippen LogP contribution >= 0.6 is 0 Å². The van der Waals surface area contributed by atoms with E-state index in [1.54, 1.807) is 12.1 Å². The van der Waals surface area contributed by atoms with Crippen LogP contribution < -0.4 is 11.3 Å². The zero-order chi connectivity index (χ0) is 14.7. The van der Waals surface area contributed by atoms with Gasteiger partial charge in [0.05, 0.1) is 11.6 Å². The van der Waals surface area contributed by atoms with Crippen LogP contribution in [0.25, 0.3) is 10.9 Å². The molecule has 1 heterocycles. The molecule has 0 aliphatic rings. The van der Waals surface area contributed by atoms with Crippen molar-refractivity contribution >= 4 is 10.9 Å². The van der Waals surface area contributed by atoms with Gasteiger partial charge >= 0.3 is 0 Å². The second-order valence-corrected chi connectivity index (χ2v) is 4.97. The minimum Gasteiger partial charge on any atom is -0.271 e. The molecule has 3 nitrogen and oxygen atoms in total. The number of pyridine rings is 1. The van der Waals surface area contributed by atoms with Crippen LogP contribution in [0.2, 0.25) is 0 Å². The van der Waals surface area contributed by atoms with E-state index in [4.69, 9.17) is 5.84 Å². The fourth-order valence-corrected chi connectivity index (χ4v) is 2.40. The summed E-state index contributed by atoms with van der Waals surface area (Å²) in [5, 5.41) is 1.11. The average Bonchev–Trinajstić information content (AvgIpc) is 2.53. The maximum Gasteiger partial charge on any atom is 0.123 e. The third kappa shape index (κ3) is 3.07. The van der Waals surface area contributed by atoms with Crippen LogP contribution in [0.15, 0.2) is 60.7 Å². The Morgan fingerprint density at radius 3 is 2.52 bits per heavy atom. The fourth-order valence-electron chi connectivity index (χ4n) is 2.40. The zero-order valence-electron chi connectivity index (χ0n) is 11.5. The minimum absolute atomic E-state index is 0.0979. The smallest absolute Gasteiger partial charge is 0.123 e. The van der Waals surface area contributed by atoms with Gasteiger partial charge in [0.25, 0.3) is 0 Å². The van der Waals surface area contributed by atoms with Gasteiger partial charge in [-0.15, -0.1) is 0 Å². The second-order valence-electron chi connectivity index (χ2n) is 4.97. The second kappa shape index (κ2) is 5.99. The van der Waals surface area contributed by atoms with Crippen LogP contribution in [0.3, 0.4) is 0 Å². The van der Waals surface area contributed by atoms with E-state index in [-0.39, 0.29) is 11.9 Å². The number of hydrogen-bond donors (Lipinski definition) is 2. The summed E-state index contributed by atoms with van der Waals surface area (Å²) in [6, 6.07) is 18.3. The molecule has 3 rings (SSSR count). The normalized spacial score (nSPS) is 12.5. The van der Waals surface area contributed by atoms with Crippen LogP contribution in [0, 0.1) is 5.82 Å². The summed E-state index contributed by atoms with van der Waals surface area (Å²) in [4.78, 5) is 4.64. The molecule has 0 bridgehead atoms. The highest BCUT2D eigenvalue weighted by Crippen LogP contribution is 2.19. The molecule has 4 heteroatoms. The van der Waals surface area contributed by atoms with Gasteiger partial charge in [-0.2, -0.15) is 0 Å². The molecular weight excluding hydrogens is 265 g/mol. The molecule has 106 valence electrons. The van der Waals surface area contributed by atoms with E-state index in [0.29, 0.717) is 6.42 Å². The Bertz CT molecular complexity index is 740. The van der Waals surface area contributed by atoms with Crippen LogP contribution in [0.1, 0.15) is 17.3 Å². The van der Waals surface area contributed by atoms with Crippen LogP contribution in [-0.2, 0) is 6.42 Å². The molecule has 1 atom stereocenters. The number of nitrogens with two attached hydrogens (primary N) is 1. The molecule has 0 radical (unpaired) electrons. The molecule has 0 aliphatic heterocycles. The number of nitrogens with zero attached hydrogens (tertiary/aromatic N) is 1. The van der Waals surface area contributed by atoms with Gasteiger partial charge in [0, 0.05) is 17.5 Å². The number of hydrazine groups is 1. The largest absolute Gasteiger partial charge is 0.271 e. The summed E-state index contributed by atoms with van der Waals surface area (Å²) in [6.45, 7) is 0. The van der Waals surface area contributed by atoms with E-state index < -0.39 is 0 Å². The third-order valence-corrected chi connectivity index (χ3v) is 3.54. The van der Waals surface area contributed by atoms with Crippen molar-refractivity contribution in [3.63, 3.8) is 0 Å². The van der Waals surface area contributed by atoms with Gasteiger partial charge in [0.1, 0.15) is 5.82 Å². The number of benzene rings is 2. The highest BCUT2D eigenvalue weighted by atomic mass is 19.1. The summed E-state index contributed by atoms with van der Waals surface area (Å²) in [7, 11) is 0. The lowest BCUT2D eigenvalue weighted by atomic mass is 10.0. The van der Waals surface area contributed by atoms with Crippen molar-refractivity contribution in [2.24, 2.45) is 5.84 Å². The molecule has 1 aromatic heterocycles. The number of halogens is 1. The Labute approximate surface area is 122 Å². The van der Waals surface area contributed by atoms with E-state index in [0.717, 1.165) is 22.2 Å². The predicted octanol–water partition coefficient (Wildman–Crippen LogP) is 3.12. The van der Waals surface area contributed by atoms with Crippen molar-refractivity contribution < 1.29 is 4.39 Å². The number of hydrogen-bond acceptors (Lipinski definition) is 3. The number of para-hydroxylation sites is 1. The first-order valence-corrected chi connectivity index (χ1v) is 6.82. The molecule has 0 saturated carbocycles. The molecule has 3 aromatic rings. The molecule has 21 heavy (non-hydrogen) atoms. The first-order valence-electron chi connectivity index (χ1n) is 6.82. The molecule has 0 saturated heterocycles. The van der Waals surface area contributed by atoms with Gasteiger partial charge in [-0.25, -0.2) is 4.39 Å². The number of rotatable bonds is 4. The molecule has 0 fully saturated rings. The van der Waals surface area contributed by atoms with Gasteiger partial charge in [0.2, 0.25) is 0 Å². The van der Waals surface area contributed by atoms with E-state index in [1.807, 2.05) is 30.3 Å². The molecule has 0 amide bonds. The SMILES string of the molecule is NNC(Cc1ccc2ccccc2n1)c1ccc(F)cc1. The third-order valence-electron chi connectivity index (χ3n) is 3.54. The van der Waals surface area contributed by atoms with E-state index in [1.165, 1.54) is 12.1 Å². The molecule has 1 unspecified atom stereocenters. The average molecular weight is 281 g/mol. The van der Waals surface area contributed by atoms with E-state index in [9.17, 15) is 4.39 Å². The monoisotopic (exact) mass is 281 g/mol. The van der Waals surface area contributed by atoms with Crippen molar-refractivity contribution in [1.29, 1.82) is 0 Å². The summed E-state index contributed by atoms with van der Waals surface area (Å²) >= 11 is 0. The van der Waals surface area contributed by atoms with Crippen molar-refractivity contribution in [3.8, 4) is 0 Å². The first kappa shape index (κ1) is 13.7. The Hall–Kier alpha value is -2.30. The van der Waals surface area contributed by atoms with Crippen molar-refractivity contribution in [2.75, 3.05) is 0 Å². The predicted molar refractivity (Wildman–Crippen MR) is 81.9 cm³/mol. The van der Waals surface area contributed by atoms with Crippen LogP contribution in [0.4, 0.5) is 4.39 Å². The van der Waals surface area contributed by atoms with Gasteiger partial charge in [-0.1, -0.05) is 36.4 Å². The maximum absolute atomic E-state index is 13.0. The fraction of sp³-hybridized carbons (Fsp3) is 0.118. The Morgan fingerprint density at radius 1 is 1.00 bits per heavy atom. The summed E-state index contributed by atoms with van der Waals surface area (Å²) in [6.07, 6.45) is 0.646. The molecule has 0 aliphatic carbocycles. The molecule has 2 aromatic carbocycles. The van der Waals surface area contributed by atoms with Gasteiger partial charge < -0.3 is 0 Å². The van der Waals surface area contributed by atoms with E-state index >= 15 is 0 Å². The van der Waals surface area contributed by atoms with Gasteiger partial charge in [0.15, 0.2) is 0 Å². The Balaban J connectivity index is 1.86. The number of nitrogens with one attached hydrogen (secondary N) is 1. The highest BCUT2D eigenvalue weighted by Gasteiger charge is 2.11. The molecular formula is C17H16FN3. The molecule has 0 spiro atoms. The minimum atomic E-state index is -0.252. The van der Waals surface area contributed by atoms with Crippen molar-refractivity contribution in [2.45, 2.75) is 12.5 Å². The lowest BCUT2D eigenvalue weighted by Crippen LogP contribution is -2.29. The van der Waals surface area contributed by atoms with Gasteiger partial charge in [-0.05, 0) is 29.8 Å². The zero-order valence-corrected chi connectivity index (χ0v) is 11.5. The summed E-state index contributed by atoms with van der Waals surface area (Å²) in [5.41, 5.74) is 5.62. The van der Waals surface area contributed by atoms with Crippen molar-refractivity contribution in [1.82, 2.24) is 10.4 Å². The number of aromatic nitrogens is 1. The Kier molecular flexibility index (Phi) is 3.90. The quantitative estimate of drug-likeness (QED) is 0.570. The number of fused-ring (bicyclic) bond motifs is 1. The molecule has 3 N–H and O–H groups in total. The van der Waals surface area contributed by atoms with Gasteiger partial charge in [-0.3, -0.25) is 16.3 Å². The topological polar surface area (TPSA) is 50.9 Å².